The van der Waals surface area contributed by atoms with Crippen molar-refractivity contribution in [1.82, 2.24) is 10.2 Å². The summed E-state index contributed by atoms with van der Waals surface area (Å²) in [5, 5.41) is 11.4. The minimum Gasteiger partial charge on any atom is -0.478 e. The number of rotatable bonds is 5. The van der Waals surface area contributed by atoms with E-state index >= 15 is 0 Å². The van der Waals surface area contributed by atoms with Crippen molar-refractivity contribution in [3.8, 4) is 0 Å². The molecular weight excluding hydrogens is 361 g/mol. The zero-order chi connectivity index (χ0) is 20.5. The van der Waals surface area contributed by atoms with Gasteiger partial charge in [0.15, 0.2) is 0 Å². The third-order valence-corrected chi connectivity index (χ3v) is 3.66. The second-order valence-electron chi connectivity index (χ2n) is 7.06. The van der Waals surface area contributed by atoms with Crippen LogP contribution in [0.3, 0.4) is 0 Å². The van der Waals surface area contributed by atoms with Crippen LogP contribution in [0.25, 0.3) is 0 Å². The van der Waals surface area contributed by atoms with Crippen molar-refractivity contribution in [1.29, 1.82) is 0 Å². The van der Waals surface area contributed by atoms with Crippen molar-refractivity contribution in [2.45, 2.75) is 64.4 Å². The highest BCUT2D eigenvalue weighted by Crippen LogP contribution is 2.36. The van der Waals surface area contributed by atoms with Gasteiger partial charge >= 0.3 is 18.2 Å². The standard InChI is InChI=1S/C15H21F3N2O6/c1-8(15(16,17)18)7-14(11(23)24,19-12(25)26-13(2,3)4)20-9(21)5-6-10(20)22/h8H,5-7H2,1-4H3,(H,19,25)(H,23,24). The highest BCUT2D eigenvalue weighted by molar-refractivity contribution is 6.06. The molecule has 1 fully saturated rings. The number of amides is 3. The lowest BCUT2D eigenvalue weighted by molar-refractivity contribution is -0.190. The summed E-state index contributed by atoms with van der Waals surface area (Å²) >= 11 is 0. The lowest BCUT2D eigenvalue weighted by Gasteiger charge is -2.39. The molecule has 1 aliphatic heterocycles. The minimum atomic E-state index is -4.80. The average molecular weight is 382 g/mol. The number of halogens is 3. The number of carbonyl (C=O) groups excluding carboxylic acids is 3. The van der Waals surface area contributed by atoms with Gasteiger partial charge in [-0.2, -0.15) is 13.2 Å². The van der Waals surface area contributed by atoms with E-state index in [1.165, 1.54) is 20.8 Å². The zero-order valence-corrected chi connectivity index (χ0v) is 14.8. The van der Waals surface area contributed by atoms with Crippen LogP contribution >= 0.6 is 0 Å². The van der Waals surface area contributed by atoms with Crippen LogP contribution in [0.15, 0.2) is 0 Å². The second-order valence-corrected chi connectivity index (χ2v) is 7.06. The number of carboxylic acid groups (broad SMARTS) is 1. The summed E-state index contributed by atoms with van der Waals surface area (Å²) < 4.78 is 43.9. The fraction of sp³-hybridized carbons (Fsp3) is 0.733. The van der Waals surface area contributed by atoms with Crippen molar-refractivity contribution in [2.24, 2.45) is 5.92 Å². The fourth-order valence-electron chi connectivity index (χ4n) is 2.47. The third-order valence-electron chi connectivity index (χ3n) is 3.66. The molecule has 0 aromatic heterocycles. The quantitative estimate of drug-likeness (QED) is 0.704. The Morgan fingerprint density at radius 3 is 2.00 bits per heavy atom. The first-order chi connectivity index (χ1) is 11.6. The monoisotopic (exact) mass is 382 g/mol. The van der Waals surface area contributed by atoms with E-state index in [-0.39, 0.29) is 17.7 Å². The lowest BCUT2D eigenvalue weighted by atomic mass is 9.93. The second kappa shape index (κ2) is 7.12. The van der Waals surface area contributed by atoms with Crippen LogP contribution in [0.1, 0.15) is 47.0 Å². The van der Waals surface area contributed by atoms with Gasteiger partial charge in [-0.15, -0.1) is 0 Å². The number of nitrogens with one attached hydrogen (secondary N) is 1. The number of ether oxygens (including phenoxy) is 1. The van der Waals surface area contributed by atoms with Crippen LogP contribution < -0.4 is 5.32 Å². The van der Waals surface area contributed by atoms with E-state index in [0.717, 1.165) is 0 Å². The lowest BCUT2D eigenvalue weighted by Crippen LogP contribution is -2.68. The fourth-order valence-corrected chi connectivity index (χ4v) is 2.47. The van der Waals surface area contributed by atoms with Gasteiger partial charge < -0.3 is 9.84 Å². The maximum atomic E-state index is 13.0. The molecule has 8 nitrogen and oxygen atoms in total. The summed E-state index contributed by atoms with van der Waals surface area (Å²) in [6.07, 6.45) is -8.12. The minimum absolute atomic E-state index is 0.182. The predicted octanol–water partition coefficient (Wildman–Crippen LogP) is 2.03. The smallest absolute Gasteiger partial charge is 0.409 e. The van der Waals surface area contributed by atoms with Crippen molar-refractivity contribution >= 4 is 23.9 Å². The van der Waals surface area contributed by atoms with E-state index in [4.69, 9.17) is 4.74 Å². The maximum Gasteiger partial charge on any atom is 0.409 e. The van der Waals surface area contributed by atoms with Crippen LogP contribution in [0.5, 0.6) is 0 Å². The third kappa shape index (κ3) is 4.85. The average Bonchev–Trinajstić information content (AvgIpc) is 2.74. The molecule has 148 valence electrons. The zero-order valence-electron chi connectivity index (χ0n) is 14.8. The molecule has 0 aliphatic carbocycles. The Balaban J connectivity index is 3.36. The first-order valence-corrected chi connectivity index (χ1v) is 7.77. The summed E-state index contributed by atoms with van der Waals surface area (Å²) in [7, 11) is 0. The summed E-state index contributed by atoms with van der Waals surface area (Å²) in [5.74, 6) is -6.16. The molecule has 0 saturated carbocycles. The summed E-state index contributed by atoms with van der Waals surface area (Å²) in [6.45, 7) is 5.07. The Bertz CT molecular complexity index is 597. The molecule has 0 aromatic rings. The topological polar surface area (TPSA) is 113 Å². The number of carboxylic acids is 1. The number of hydrogen-bond acceptors (Lipinski definition) is 5. The molecule has 1 heterocycles. The molecule has 0 bridgehead atoms. The Hall–Kier alpha value is -2.33. The van der Waals surface area contributed by atoms with Crippen molar-refractivity contribution in [2.75, 3.05) is 0 Å². The Morgan fingerprint density at radius 1 is 1.19 bits per heavy atom. The van der Waals surface area contributed by atoms with Gasteiger partial charge in [0.1, 0.15) is 5.60 Å². The summed E-state index contributed by atoms with van der Waals surface area (Å²) in [5.41, 5.74) is -3.98. The number of alkyl carbamates (subject to hydrolysis) is 1. The first-order valence-electron chi connectivity index (χ1n) is 7.77. The Kier molecular flexibility index (Phi) is 5.95. The molecule has 3 amide bonds. The van der Waals surface area contributed by atoms with Gasteiger partial charge in [-0.05, 0) is 20.8 Å². The number of alkyl halides is 3. The number of aliphatic carboxylic acids is 1. The molecule has 2 N–H and O–H groups in total. The first kappa shape index (κ1) is 21.7. The molecule has 1 rings (SSSR count). The van der Waals surface area contributed by atoms with E-state index in [9.17, 15) is 37.5 Å². The number of hydrogen-bond donors (Lipinski definition) is 2. The number of imide groups is 1. The van der Waals surface area contributed by atoms with Gasteiger partial charge in [-0.3, -0.25) is 14.9 Å². The molecule has 1 saturated heterocycles. The van der Waals surface area contributed by atoms with Gasteiger partial charge in [0.2, 0.25) is 17.5 Å². The largest absolute Gasteiger partial charge is 0.478 e. The van der Waals surface area contributed by atoms with Crippen LogP contribution in [-0.4, -0.2) is 51.3 Å². The SMILES string of the molecule is CC(CC(NC(=O)OC(C)(C)C)(C(=O)O)N1C(=O)CCC1=O)C(F)(F)F. The van der Waals surface area contributed by atoms with Gasteiger partial charge in [0, 0.05) is 19.3 Å². The maximum absolute atomic E-state index is 13.0. The van der Waals surface area contributed by atoms with E-state index < -0.39 is 53.7 Å². The van der Waals surface area contributed by atoms with E-state index in [2.05, 4.69) is 0 Å². The van der Waals surface area contributed by atoms with Crippen LogP contribution in [0, 0.1) is 5.92 Å². The molecule has 11 heteroatoms. The van der Waals surface area contributed by atoms with Crippen molar-refractivity contribution < 1.29 is 42.2 Å². The molecule has 26 heavy (non-hydrogen) atoms. The van der Waals surface area contributed by atoms with E-state index in [0.29, 0.717) is 6.92 Å². The Labute approximate surface area is 147 Å². The van der Waals surface area contributed by atoms with E-state index in [1.807, 2.05) is 5.32 Å². The number of nitrogens with zero attached hydrogens (tertiary/aromatic N) is 1. The molecular formula is C15H21F3N2O6. The molecule has 1 aliphatic rings. The van der Waals surface area contributed by atoms with Gasteiger partial charge in [-0.25, -0.2) is 14.5 Å². The highest BCUT2D eigenvalue weighted by atomic mass is 19.4. The van der Waals surface area contributed by atoms with Crippen LogP contribution in [-0.2, 0) is 19.1 Å². The molecule has 0 aromatic carbocycles. The van der Waals surface area contributed by atoms with Crippen molar-refractivity contribution in [3.05, 3.63) is 0 Å². The van der Waals surface area contributed by atoms with Gasteiger partial charge in [0.25, 0.3) is 0 Å². The molecule has 2 unspecified atom stereocenters. The normalized spacial score (nSPS) is 19.1. The van der Waals surface area contributed by atoms with Crippen molar-refractivity contribution in [3.63, 3.8) is 0 Å². The molecule has 0 spiro atoms. The summed E-state index contributed by atoms with van der Waals surface area (Å²) in [6, 6.07) is 0. The van der Waals surface area contributed by atoms with E-state index in [1.54, 1.807) is 0 Å². The van der Waals surface area contributed by atoms with Gasteiger partial charge in [-0.1, -0.05) is 6.92 Å². The number of likely N-dealkylation sites (tertiary alicyclic amines) is 1. The molecule has 0 radical (unpaired) electrons. The Morgan fingerprint density at radius 2 is 1.65 bits per heavy atom. The molecule has 2 atom stereocenters. The highest BCUT2D eigenvalue weighted by Gasteiger charge is 2.57. The van der Waals surface area contributed by atoms with Crippen LogP contribution in [0.2, 0.25) is 0 Å². The van der Waals surface area contributed by atoms with Gasteiger partial charge in [0.05, 0.1) is 5.92 Å². The number of carbonyl (C=O) groups is 4. The predicted molar refractivity (Wildman–Crippen MR) is 80.7 cm³/mol. The summed E-state index contributed by atoms with van der Waals surface area (Å²) in [4.78, 5) is 48.1. The van der Waals surface area contributed by atoms with Crippen LogP contribution in [0.4, 0.5) is 18.0 Å².